The maximum Gasteiger partial charge on any atom is 0.0981 e. The Labute approximate surface area is 43.0 Å². The highest BCUT2D eigenvalue weighted by Crippen LogP contribution is 1.88. The van der Waals surface area contributed by atoms with Crippen LogP contribution in [0.2, 0.25) is 0 Å². The second-order valence-electron chi connectivity index (χ2n) is 1.83. The summed E-state index contributed by atoms with van der Waals surface area (Å²) in [6.45, 7) is 3.32. The van der Waals surface area contributed by atoms with Gasteiger partial charge in [0.1, 0.15) is 0 Å². The molecule has 0 aliphatic heterocycles. The minimum absolute atomic E-state index is 0. The standard InChI is InChI=1S/C4H8N2.H2O/c1-4(2,6)3-5;/h6H2,1-2H3;1H2. The Morgan fingerprint density at radius 3 is 1.71 bits per heavy atom. The molecule has 0 aliphatic rings. The van der Waals surface area contributed by atoms with Crippen LogP contribution < -0.4 is 5.73 Å². The van der Waals surface area contributed by atoms with Crippen LogP contribution in [0.5, 0.6) is 0 Å². The Balaban J connectivity index is 0. The Morgan fingerprint density at radius 1 is 1.57 bits per heavy atom. The van der Waals surface area contributed by atoms with Gasteiger partial charge in [0.05, 0.1) is 11.6 Å². The van der Waals surface area contributed by atoms with Crippen molar-refractivity contribution < 1.29 is 5.48 Å². The Morgan fingerprint density at radius 2 is 1.71 bits per heavy atom. The highest BCUT2D eigenvalue weighted by atomic mass is 16.0. The lowest BCUT2D eigenvalue weighted by molar-refractivity contribution is 0.670. The molecule has 0 rings (SSSR count). The first kappa shape index (κ1) is 9.65. The summed E-state index contributed by atoms with van der Waals surface area (Å²) in [4.78, 5) is 0. The van der Waals surface area contributed by atoms with Gasteiger partial charge in [0, 0.05) is 0 Å². The first-order valence-corrected chi connectivity index (χ1v) is 1.76. The summed E-state index contributed by atoms with van der Waals surface area (Å²) < 4.78 is 0. The zero-order valence-electron chi connectivity index (χ0n) is 4.52. The first-order chi connectivity index (χ1) is 2.56. The number of hydrogen-bond donors (Lipinski definition) is 1. The minimum atomic E-state index is -0.653. The van der Waals surface area contributed by atoms with Crippen molar-refractivity contribution in [1.82, 2.24) is 0 Å². The molecule has 0 saturated carbocycles. The molecule has 0 atom stereocenters. The molecule has 0 aromatic rings. The lowest BCUT2D eigenvalue weighted by atomic mass is 10.1. The molecule has 4 N–H and O–H groups in total. The number of hydrogen-bond acceptors (Lipinski definition) is 2. The molecule has 7 heavy (non-hydrogen) atoms. The number of nitriles is 1. The van der Waals surface area contributed by atoms with Crippen molar-refractivity contribution in [2.24, 2.45) is 5.73 Å². The fourth-order valence-corrected chi connectivity index (χ4v) is 0. The molecule has 0 heterocycles. The first-order valence-electron chi connectivity index (χ1n) is 1.76. The van der Waals surface area contributed by atoms with Gasteiger partial charge >= 0.3 is 0 Å². The molecular weight excluding hydrogens is 92.1 g/mol. The van der Waals surface area contributed by atoms with Gasteiger partial charge in [-0.05, 0) is 13.8 Å². The summed E-state index contributed by atoms with van der Waals surface area (Å²) in [7, 11) is 0. The second kappa shape index (κ2) is 2.56. The third-order valence-electron chi connectivity index (χ3n) is 0.288. The lowest BCUT2D eigenvalue weighted by Gasteiger charge is -2.02. The molecule has 0 unspecified atom stereocenters. The van der Waals surface area contributed by atoms with Crippen LogP contribution >= 0.6 is 0 Å². The predicted molar refractivity (Wildman–Crippen MR) is 27.5 cm³/mol. The maximum absolute atomic E-state index is 8.03. The van der Waals surface area contributed by atoms with Crippen LogP contribution in [-0.4, -0.2) is 11.0 Å². The lowest BCUT2D eigenvalue weighted by Crippen LogP contribution is -2.28. The normalized spacial score (nSPS) is 8.86. The summed E-state index contributed by atoms with van der Waals surface area (Å²) in [6, 6.07) is 1.88. The van der Waals surface area contributed by atoms with Crippen LogP contribution in [0, 0.1) is 11.3 Å². The van der Waals surface area contributed by atoms with Crippen molar-refractivity contribution in [1.29, 1.82) is 5.26 Å². The third kappa shape index (κ3) is 10.8. The van der Waals surface area contributed by atoms with Gasteiger partial charge in [-0.3, -0.25) is 0 Å². The van der Waals surface area contributed by atoms with E-state index >= 15 is 0 Å². The van der Waals surface area contributed by atoms with Crippen molar-refractivity contribution in [3.63, 3.8) is 0 Å². The van der Waals surface area contributed by atoms with Gasteiger partial charge in [-0.2, -0.15) is 5.26 Å². The van der Waals surface area contributed by atoms with Crippen LogP contribution in [0.15, 0.2) is 0 Å². The molecule has 0 fully saturated rings. The zero-order valence-corrected chi connectivity index (χ0v) is 4.52. The average Bonchev–Trinajstić information content (AvgIpc) is 1.35. The summed E-state index contributed by atoms with van der Waals surface area (Å²) >= 11 is 0. The molecule has 3 nitrogen and oxygen atoms in total. The molecule has 0 spiro atoms. The van der Waals surface area contributed by atoms with Crippen molar-refractivity contribution in [2.45, 2.75) is 19.4 Å². The predicted octanol–water partition coefficient (Wildman–Crippen LogP) is -0.577. The van der Waals surface area contributed by atoms with E-state index in [0.29, 0.717) is 0 Å². The van der Waals surface area contributed by atoms with E-state index in [-0.39, 0.29) is 5.48 Å². The van der Waals surface area contributed by atoms with Crippen LogP contribution in [0.4, 0.5) is 0 Å². The fraction of sp³-hybridized carbons (Fsp3) is 0.750. The van der Waals surface area contributed by atoms with Gasteiger partial charge in [0.25, 0.3) is 0 Å². The Kier molecular flexibility index (Phi) is 3.53. The van der Waals surface area contributed by atoms with Gasteiger partial charge in [-0.15, -0.1) is 0 Å². The highest BCUT2D eigenvalue weighted by Gasteiger charge is 2.04. The fourth-order valence-electron chi connectivity index (χ4n) is 0. The molecule has 42 valence electrons. The minimum Gasteiger partial charge on any atom is -0.412 e. The zero-order chi connectivity index (χ0) is 5.21. The van der Waals surface area contributed by atoms with E-state index in [0.717, 1.165) is 0 Å². The number of nitrogens with zero attached hydrogens (tertiary/aromatic N) is 1. The average molecular weight is 102 g/mol. The smallest absolute Gasteiger partial charge is 0.0981 e. The summed E-state index contributed by atoms with van der Waals surface area (Å²) in [6.07, 6.45) is 0. The molecule has 3 heteroatoms. The summed E-state index contributed by atoms with van der Waals surface area (Å²) in [5.74, 6) is 0. The van der Waals surface area contributed by atoms with Crippen LogP contribution in [0.25, 0.3) is 0 Å². The molecule has 0 aromatic carbocycles. The van der Waals surface area contributed by atoms with Gasteiger partial charge in [0.2, 0.25) is 0 Å². The monoisotopic (exact) mass is 102 g/mol. The molecule has 0 aromatic heterocycles. The number of rotatable bonds is 0. The molecule has 0 bridgehead atoms. The summed E-state index contributed by atoms with van der Waals surface area (Å²) in [5.41, 5.74) is 4.52. The van der Waals surface area contributed by atoms with E-state index in [4.69, 9.17) is 11.0 Å². The largest absolute Gasteiger partial charge is 0.412 e. The van der Waals surface area contributed by atoms with E-state index in [9.17, 15) is 0 Å². The topological polar surface area (TPSA) is 81.3 Å². The highest BCUT2D eigenvalue weighted by molar-refractivity contribution is 4.96. The number of nitrogens with two attached hydrogens (primary N) is 1. The van der Waals surface area contributed by atoms with Crippen LogP contribution in [0.3, 0.4) is 0 Å². The van der Waals surface area contributed by atoms with E-state index < -0.39 is 5.54 Å². The second-order valence-corrected chi connectivity index (χ2v) is 1.83. The SMILES string of the molecule is CC(C)(N)C#N.O. The van der Waals surface area contributed by atoms with Crippen LogP contribution in [0.1, 0.15) is 13.8 Å². The van der Waals surface area contributed by atoms with Gasteiger partial charge in [-0.1, -0.05) is 0 Å². The van der Waals surface area contributed by atoms with E-state index in [1.54, 1.807) is 13.8 Å². The van der Waals surface area contributed by atoms with Gasteiger partial charge < -0.3 is 11.2 Å². The molecule has 0 amide bonds. The van der Waals surface area contributed by atoms with Crippen molar-refractivity contribution >= 4 is 0 Å². The van der Waals surface area contributed by atoms with Crippen molar-refractivity contribution in [3.05, 3.63) is 0 Å². The van der Waals surface area contributed by atoms with E-state index in [1.807, 2.05) is 6.07 Å². The molecule has 0 aliphatic carbocycles. The van der Waals surface area contributed by atoms with Gasteiger partial charge in [-0.25, -0.2) is 0 Å². The van der Waals surface area contributed by atoms with Gasteiger partial charge in [0.15, 0.2) is 0 Å². The molecule has 0 saturated heterocycles. The molecular formula is C4H10N2O. The summed E-state index contributed by atoms with van der Waals surface area (Å²) in [5, 5.41) is 8.03. The van der Waals surface area contributed by atoms with Crippen molar-refractivity contribution in [3.8, 4) is 6.07 Å². The van der Waals surface area contributed by atoms with Crippen molar-refractivity contribution in [2.75, 3.05) is 0 Å². The molecule has 0 radical (unpaired) electrons. The van der Waals surface area contributed by atoms with E-state index in [2.05, 4.69) is 0 Å². The van der Waals surface area contributed by atoms with E-state index in [1.165, 1.54) is 0 Å². The third-order valence-corrected chi connectivity index (χ3v) is 0.288. The Hall–Kier alpha value is -0.590. The van der Waals surface area contributed by atoms with Crippen LogP contribution in [-0.2, 0) is 0 Å². The maximum atomic E-state index is 8.03. The Bertz CT molecular complexity index is 76.7. The quantitative estimate of drug-likeness (QED) is 0.444.